The smallest absolute Gasteiger partial charge is 0.164 e. The quantitative estimate of drug-likeness (QED) is 0.171. The van der Waals surface area contributed by atoms with Gasteiger partial charge in [0.1, 0.15) is 0 Å². The number of aromatic nitrogens is 4. The van der Waals surface area contributed by atoms with Gasteiger partial charge in [-0.2, -0.15) is 0 Å². The van der Waals surface area contributed by atoms with Gasteiger partial charge in [-0.3, -0.25) is 0 Å². The molecule has 11 rings (SSSR count). The van der Waals surface area contributed by atoms with Gasteiger partial charge in [-0.1, -0.05) is 158 Å². The molecule has 0 amide bonds. The van der Waals surface area contributed by atoms with Gasteiger partial charge in [0.2, 0.25) is 0 Å². The number of para-hydroxylation sites is 3. The van der Waals surface area contributed by atoms with Gasteiger partial charge in [-0.05, 0) is 53.1 Å². The maximum atomic E-state index is 5.11. The first-order valence-corrected chi connectivity index (χ1v) is 19.6. The third-order valence-electron chi connectivity index (χ3n) is 10.7. The molecule has 262 valence electrons. The molecule has 0 aliphatic carbocycles. The molecule has 0 bridgehead atoms. The van der Waals surface area contributed by atoms with E-state index in [0.29, 0.717) is 17.5 Å². The van der Waals surface area contributed by atoms with E-state index in [1.807, 2.05) is 35.6 Å². The van der Waals surface area contributed by atoms with E-state index in [-0.39, 0.29) is 0 Å². The highest BCUT2D eigenvalue weighted by Crippen LogP contribution is 2.41. The molecule has 0 unspecified atom stereocenters. The van der Waals surface area contributed by atoms with Crippen molar-refractivity contribution in [1.82, 2.24) is 19.5 Å². The Bertz CT molecular complexity index is 3200. The Hall–Kier alpha value is -7.21. The van der Waals surface area contributed by atoms with Crippen molar-refractivity contribution in [2.24, 2.45) is 0 Å². The van der Waals surface area contributed by atoms with Crippen LogP contribution in [0.25, 0.3) is 104 Å². The molecule has 0 aliphatic heterocycles. The van der Waals surface area contributed by atoms with Crippen LogP contribution in [-0.4, -0.2) is 19.5 Å². The van der Waals surface area contributed by atoms with E-state index >= 15 is 0 Å². The lowest BCUT2D eigenvalue weighted by Gasteiger charge is -2.14. The van der Waals surface area contributed by atoms with Crippen LogP contribution < -0.4 is 0 Å². The highest BCUT2D eigenvalue weighted by atomic mass is 32.1. The number of rotatable bonds is 6. The van der Waals surface area contributed by atoms with Crippen LogP contribution in [-0.2, 0) is 0 Å². The van der Waals surface area contributed by atoms with Gasteiger partial charge in [0, 0.05) is 53.2 Å². The molecule has 0 N–H and O–H groups in total. The van der Waals surface area contributed by atoms with Crippen molar-refractivity contribution in [3.8, 4) is 62.1 Å². The number of fused-ring (bicyclic) bond motifs is 6. The first kappa shape index (κ1) is 32.2. The molecule has 5 heteroatoms. The maximum Gasteiger partial charge on any atom is 0.164 e. The fraction of sp³-hybridized carbons (Fsp3) is 0. The Morgan fingerprint density at radius 1 is 0.321 bits per heavy atom. The number of nitrogens with zero attached hydrogens (tertiary/aromatic N) is 4. The van der Waals surface area contributed by atoms with Gasteiger partial charge in [-0.15, -0.1) is 11.3 Å². The highest BCUT2D eigenvalue weighted by Gasteiger charge is 2.18. The summed E-state index contributed by atoms with van der Waals surface area (Å²) in [6.45, 7) is 0. The molecule has 11 aromatic rings. The van der Waals surface area contributed by atoms with Gasteiger partial charge in [0.15, 0.2) is 17.5 Å². The normalized spacial score (nSPS) is 11.6. The molecule has 0 aliphatic rings. The average Bonchev–Trinajstić information content (AvgIpc) is 3.82. The van der Waals surface area contributed by atoms with Crippen LogP contribution in [0.15, 0.2) is 194 Å². The van der Waals surface area contributed by atoms with Crippen LogP contribution in [0, 0.1) is 0 Å². The lowest BCUT2D eigenvalue weighted by atomic mass is 10.0. The molecule has 0 fully saturated rings. The van der Waals surface area contributed by atoms with Crippen molar-refractivity contribution in [2.45, 2.75) is 0 Å². The topological polar surface area (TPSA) is 43.6 Å². The van der Waals surface area contributed by atoms with E-state index in [9.17, 15) is 0 Å². The number of hydrogen-bond acceptors (Lipinski definition) is 4. The molecular weight excluding hydrogens is 701 g/mol. The predicted molar refractivity (Wildman–Crippen MR) is 234 cm³/mol. The lowest BCUT2D eigenvalue weighted by molar-refractivity contribution is 1.07. The number of benzene rings is 8. The van der Waals surface area contributed by atoms with Crippen LogP contribution in [0.3, 0.4) is 0 Å². The summed E-state index contributed by atoms with van der Waals surface area (Å²) in [6.07, 6.45) is 0. The van der Waals surface area contributed by atoms with Crippen LogP contribution in [0.4, 0.5) is 0 Å². The molecule has 0 saturated heterocycles. The van der Waals surface area contributed by atoms with Gasteiger partial charge in [0.05, 0.1) is 16.7 Å². The zero-order chi connectivity index (χ0) is 37.0. The second kappa shape index (κ2) is 13.3. The largest absolute Gasteiger partial charge is 0.309 e. The van der Waals surface area contributed by atoms with Crippen LogP contribution >= 0.6 is 11.3 Å². The molecule has 0 atom stereocenters. The number of thiophene rings is 1. The molecule has 8 aromatic carbocycles. The summed E-state index contributed by atoms with van der Waals surface area (Å²) >= 11 is 1.81. The fourth-order valence-corrected chi connectivity index (χ4v) is 9.18. The minimum absolute atomic E-state index is 0.648. The van der Waals surface area contributed by atoms with Crippen LogP contribution in [0.2, 0.25) is 0 Å². The number of hydrogen-bond donors (Lipinski definition) is 0. The second-order valence-electron chi connectivity index (χ2n) is 14.0. The molecule has 0 spiro atoms. The fourth-order valence-electron chi connectivity index (χ4n) is 8.00. The van der Waals surface area contributed by atoms with Crippen molar-refractivity contribution < 1.29 is 0 Å². The lowest BCUT2D eigenvalue weighted by Crippen LogP contribution is -2.00. The third-order valence-corrected chi connectivity index (χ3v) is 11.8. The first-order chi connectivity index (χ1) is 27.7. The summed E-state index contributed by atoms with van der Waals surface area (Å²) in [5.41, 5.74) is 11.1. The molecular formula is C51H32N4S. The van der Waals surface area contributed by atoms with E-state index in [1.165, 1.54) is 58.8 Å². The highest BCUT2D eigenvalue weighted by molar-refractivity contribution is 7.25. The van der Waals surface area contributed by atoms with E-state index in [1.54, 1.807) is 0 Å². The zero-order valence-corrected chi connectivity index (χ0v) is 31.0. The Balaban J connectivity index is 1.02. The monoisotopic (exact) mass is 732 g/mol. The molecule has 0 saturated carbocycles. The van der Waals surface area contributed by atoms with E-state index in [4.69, 9.17) is 15.0 Å². The maximum absolute atomic E-state index is 5.11. The summed E-state index contributed by atoms with van der Waals surface area (Å²) in [7, 11) is 0. The second-order valence-corrected chi connectivity index (χ2v) is 15.1. The van der Waals surface area contributed by atoms with E-state index in [2.05, 4.69) is 174 Å². The predicted octanol–water partition coefficient (Wildman–Crippen LogP) is 13.7. The van der Waals surface area contributed by atoms with Gasteiger partial charge in [0.25, 0.3) is 0 Å². The standard InChI is InChI=1S/C51H32N4S/c1-3-14-33(15-4-1)35-18-13-19-37(30-35)50-52-49(34-16-5-2-6-17-34)53-51(54-50)38-27-29-43-42-28-26-36(31-47(42)56-48(43)32-38)39-20-7-10-23-44(39)55-45-24-11-8-21-40(45)41-22-9-12-25-46(41)55/h1-32H. The summed E-state index contributed by atoms with van der Waals surface area (Å²) in [5, 5.41) is 4.99. The van der Waals surface area contributed by atoms with Gasteiger partial charge < -0.3 is 4.57 Å². The Morgan fingerprint density at radius 2 is 0.804 bits per heavy atom. The van der Waals surface area contributed by atoms with Crippen molar-refractivity contribution in [3.63, 3.8) is 0 Å². The molecule has 56 heavy (non-hydrogen) atoms. The minimum atomic E-state index is 0.648. The van der Waals surface area contributed by atoms with Crippen molar-refractivity contribution >= 4 is 53.3 Å². The Labute approximate surface area is 327 Å². The first-order valence-electron chi connectivity index (χ1n) is 18.8. The molecule has 3 aromatic heterocycles. The van der Waals surface area contributed by atoms with Gasteiger partial charge >= 0.3 is 0 Å². The summed E-state index contributed by atoms with van der Waals surface area (Å²) < 4.78 is 4.84. The zero-order valence-electron chi connectivity index (χ0n) is 30.2. The Kier molecular flexibility index (Phi) is 7.64. The van der Waals surface area contributed by atoms with Crippen molar-refractivity contribution in [1.29, 1.82) is 0 Å². The van der Waals surface area contributed by atoms with Crippen molar-refractivity contribution in [3.05, 3.63) is 194 Å². The van der Waals surface area contributed by atoms with E-state index < -0.39 is 0 Å². The Morgan fingerprint density at radius 3 is 1.48 bits per heavy atom. The molecule has 4 nitrogen and oxygen atoms in total. The molecule has 3 heterocycles. The van der Waals surface area contributed by atoms with E-state index in [0.717, 1.165) is 27.8 Å². The van der Waals surface area contributed by atoms with Gasteiger partial charge in [-0.25, -0.2) is 15.0 Å². The van der Waals surface area contributed by atoms with Crippen LogP contribution in [0.1, 0.15) is 0 Å². The average molecular weight is 733 g/mol. The summed E-state index contributed by atoms with van der Waals surface area (Å²) in [6, 6.07) is 68.6. The van der Waals surface area contributed by atoms with Crippen LogP contribution in [0.5, 0.6) is 0 Å². The third kappa shape index (κ3) is 5.48. The summed E-state index contributed by atoms with van der Waals surface area (Å²) in [5.74, 6) is 1.95. The minimum Gasteiger partial charge on any atom is -0.309 e. The van der Waals surface area contributed by atoms with Crippen molar-refractivity contribution in [2.75, 3.05) is 0 Å². The molecule has 0 radical (unpaired) electrons. The summed E-state index contributed by atoms with van der Waals surface area (Å²) in [4.78, 5) is 15.2. The SMILES string of the molecule is c1ccc(-c2cccc(-c3nc(-c4ccccc4)nc(-c4ccc5c(c4)sc4cc(-c6ccccc6-n6c7ccccc7c7ccccc76)ccc45)n3)c2)cc1.